The fraction of sp³-hybridized carbons (Fsp3) is 0.286. The molecule has 0 bridgehead atoms. The Labute approximate surface area is 172 Å². The molecule has 1 aliphatic rings. The summed E-state index contributed by atoms with van der Waals surface area (Å²) in [6.45, 7) is 6.31. The van der Waals surface area contributed by atoms with Gasteiger partial charge in [0.2, 0.25) is 5.91 Å². The van der Waals surface area contributed by atoms with E-state index < -0.39 is 0 Å². The summed E-state index contributed by atoms with van der Waals surface area (Å²) < 4.78 is 0. The largest absolute Gasteiger partial charge is 0.326 e. The van der Waals surface area contributed by atoms with Gasteiger partial charge in [-0.25, -0.2) is 0 Å². The zero-order valence-corrected chi connectivity index (χ0v) is 17.7. The first kappa shape index (κ1) is 20.4. The van der Waals surface area contributed by atoms with Crippen molar-refractivity contribution < 1.29 is 14.4 Å². The molecule has 1 N–H and O–H groups in total. The summed E-state index contributed by atoms with van der Waals surface area (Å²) in [4.78, 5) is 39.5. The van der Waals surface area contributed by atoms with Crippen LogP contribution in [0.15, 0.2) is 46.7 Å². The van der Waals surface area contributed by atoms with Gasteiger partial charge in [-0.05, 0) is 46.3 Å². The Balaban J connectivity index is 1.62. The van der Waals surface area contributed by atoms with E-state index in [0.29, 0.717) is 4.91 Å². The molecule has 146 valence electrons. The molecule has 1 saturated heterocycles. The van der Waals surface area contributed by atoms with Crippen LogP contribution >= 0.6 is 23.1 Å². The van der Waals surface area contributed by atoms with Crippen molar-refractivity contribution >= 4 is 51.9 Å². The highest BCUT2D eigenvalue weighted by Gasteiger charge is 2.35. The Hall–Kier alpha value is -2.38. The van der Waals surface area contributed by atoms with E-state index >= 15 is 0 Å². The lowest BCUT2D eigenvalue weighted by atomic mass is 9.86. The molecule has 3 amide bonds. The van der Waals surface area contributed by atoms with Crippen LogP contribution in [0, 0.1) is 0 Å². The van der Waals surface area contributed by atoms with Gasteiger partial charge in [-0.2, -0.15) is 0 Å². The zero-order chi connectivity index (χ0) is 20.3. The summed E-state index contributed by atoms with van der Waals surface area (Å²) in [6, 6.07) is 11.4. The molecule has 3 rings (SSSR count). The average molecular weight is 415 g/mol. The Morgan fingerprint density at radius 3 is 2.57 bits per heavy atom. The van der Waals surface area contributed by atoms with E-state index in [-0.39, 0.29) is 35.4 Å². The van der Waals surface area contributed by atoms with Crippen molar-refractivity contribution in [2.45, 2.75) is 32.6 Å². The molecule has 0 spiro atoms. The number of anilines is 1. The van der Waals surface area contributed by atoms with E-state index in [4.69, 9.17) is 0 Å². The van der Waals surface area contributed by atoms with E-state index in [2.05, 4.69) is 26.1 Å². The van der Waals surface area contributed by atoms with Gasteiger partial charge in [0.05, 0.1) is 4.91 Å². The third kappa shape index (κ3) is 4.72. The summed E-state index contributed by atoms with van der Waals surface area (Å²) in [5, 5.41) is 4.49. The van der Waals surface area contributed by atoms with Crippen molar-refractivity contribution in [2.75, 3.05) is 11.9 Å². The average Bonchev–Trinajstić information content (AvgIpc) is 3.22. The second-order valence-electron chi connectivity index (χ2n) is 7.44. The molecule has 1 aromatic carbocycles. The molecule has 0 unspecified atom stereocenters. The van der Waals surface area contributed by atoms with Crippen molar-refractivity contribution in [1.29, 1.82) is 0 Å². The lowest BCUT2D eigenvalue weighted by molar-refractivity contribution is -0.123. The standard InChI is InChI=1S/C21H22N2O3S2/c1-21(2,3)15-8-4-5-9-16(15)22-18(24)10-11-23-19(25)17(28-20(23)26)13-14-7-6-12-27-14/h4-9,12-13H,10-11H2,1-3H3,(H,22,24)/b17-13-. The molecule has 0 atom stereocenters. The fourth-order valence-electron chi connectivity index (χ4n) is 2.87. The van der Waals surface area contributed by atoms with Gasteiger partial charge in [-0.15, -0.1) is 11.3 Å². The SMILES string of the molecule is CC(C)(C)c1ccccc1NC(=O)CCN1C(=O)S/C(=C\c2cccs2)C1=O. The minimum Gasteiger partial charge on any atom is -0.326 e. The Morgan fingerprint density at radius 1 is 1.14 bits per heavy atom. The highest BCUT2D eigenvalue weighted by molar-refractivity contribution is 8.18. The van der Waals surface area contributed by atoms with Crippen LogP contribution in [0.25, 0.3) is 6.08 Å². The Bertz CT molecular complexity index is 927. The van der Waals surface area contributed by atoms with Gasteiger partial charge in [0.15, 0.2) is 0 Å². The first-order valence-electron chi connectivity index (χ1n) is 8.94. The van der Waals surface area contributed by atoms with E-state index in [1.165, 1.54) is 11.3 Å². The molecule has 7 heteroatoms. The van der Waals surface area contributed by atoms with E-state index in [1.54, 1.807) is 6.08 Å². The van der Waals surface area contributed by atoms with Crippen LogP contribution in [-0.2, 0) is 15.0 Å². The van der Waals surface area contributed by atoms with Gasteiger partial charge in [-0.1, -0.05) is 45.0 Å². The first-order chi connectivity index (χ1) is 13.3. The van der Waals surface area contributed by atoms with E-state index in [1.807, 2.05) is 41.8 Å². The number of nitrogens with one attached hydrogen (secondary N) is 1. The van der Waals surface area contributed by atoms with Crippen LogP contribution in [0.2, 0.25) is 0 Å². The molecule has 28 heavy (non-hydrogen) atoms. The van der Waals surface area contributed by atoms with Gasteiger partial charge in [0.1, 0.15) is 0 Å². The van der Waals surface area contributed by atoms with Gasteiger partial charge in [0.25, 0.3) is 11.1 Å². The Morgan fingerprint density at radius 2 is 1.89 bits per heavy atom. The highest BCUT2D eigenvalue weighted by atomic mass is 32.2. The number of carbonyl (C=O) groups excluding carboxylic acids is 3. The fourth-order valence-corrected chi connectivity index (χ4v) is 4.46. The van der Waals surface area contributed by atoms with Crippen molar-refractivity contribution in [2.24, 2.45) is 0 Å². The Kier molecular flexibility index (Phi) is 6.05. The number of thioether (sulfide) groups is 1. The first-order valence-corrected chi connectivity index (χ1v) is 10.6. The highest BCUT2D eigenvalue weighted by Crippen LogP contribution is 2.33. The third-order valence-electron chi connectivity index (χ3n) is 4.26. The summed E-state index contributed by atoms with van der Waals surface area (Å²) in [7, 11) is 0. The molecule has 0 aliphatic carbocycles. The minimum absolute atomic E-state index is 0.0583. The van der Waals surface area contributed by atoms with Gasteiger partial charge < -0.3 is 5.32 Å². The van der Waals surface area contributed by atoms with Gasteiger partial charge >= 0.3 is 0 Å². The molecular formula is C21H22N2O3S2. The van der Waals surface area contributed by atoms with Crippen LogP contribution in [0.4, 0.5) is 10.5 Å². The molecule has 1 aromatic heterocycles. The number of rotatable bonds is 5. The smallest absolute Gasteiger partial charge is 0.293 e. The lowest BCUT2D eigenvalue weighted by Crippen LogP contribution is -2.31. The number of hydrogen-bond acceptors (Lipinski definition) is 5. The predicted octanol–water partition coefficient (Wildman–Crippen LogP) is 5.11. The van der Waals surface area contributed by atoms with Crippen molar-refractivity contribution in [1.82, 2.24) is 4.90 Å². The van der Waals surface area contributed by atoms with Crippen LogP contribution in [0.5, 0.6) is 0 Å². The lowest BCUT2D eigenvalue weighted by Gasteiger charge is -2.23. The normalized spacial score (nSPS) is 16.1. The van der Waals surface area contributed by atoms with Crippen molar-refractivity contribution in [3.05, 3.63) is 57.1 Å². The van der Waals surface area contributed by atoms with E-state index in [9.17, 15) is 14.4 Å². The molecule has 5 nitrogen and oxygen atoms in total. The van der Waals surface area contributed by atoms with E-state index in [0.717, 1.165) is 32.8 Å². The second-order valence-corrected chi connectivity index (χ2v) is 9.41. The molecule has 0 radical (unpaired) electrons. The number of carbonyl (C=O) groups is 3. The van der Waals surface area contributed by atoms with Gasteiger partial charge in [-0.3, -0.25) is 19.3 Å². The number of nitrogens with zero attached hydrogens (tertiary/aromatic N) is 1. The van der Waals surface area contributed by atoms with Crippen LogP contribution in [0.3, 0.4) is 0 Å². The molecule has 2 heterocycles. The maximum atomic E-state index is 12.5. The number of para-hydroxylation sites is 1. The topological polar surface area (TPSA) is 66.5 Å². The molecule has 0 saturated carbocycles. The van der Waals surface area contributed by atoms with Crippen LogP contribution in [-0.4, -0.2) is 28.5 Å². The van der Waals surface area contributed by atoms with Crippen LogP contribution in [0.1, 0.15) is 37.6 Å². The van der Waals surface area contributed by atoms with Crippen molar-refractivity contribution in [3.8, 4) is 0 Å². The number of imide groups is 1. The molecular weight excluding hydrogens is 392 g/mol. The summed E-state index contributed by atoms with van der Waals surface area (Å²) >= 11 is 2.42. The molecule has 1 aliphatic heterocycles. The number of thiophene rings is 1. The summed E-state index contributed by atoms with van der Waals surface area (Å²) in [6.07, 6.45) is 1.78. The maximum absolute atomic E-state index is 12.5. The number of amides is 3. The van der Waals surface area contributed by atoms with Gasteiger partial charge in [0, 0.05) is 23.5 Å². The third-order valence-corrected chi connectivity index (χ3v) is 5.99. The second kappa shape index (κ2) is 8.32. The number of benzene rings is 1. The number of hydrogen-bond donors (Lipinski definition) is 1. The minimum atomic E-state index is -0.341. The summed E-state index contributed by atoms with van der Waals surface area (Å²) in [5.41, 5.74) is 1.68. The maximum Gasteiger partial charge on any atom is 0.293 e. The molecule has 2 aromatic rings. The van der Waals surface area contributed by atoms with Crippen LogP contribution < -0.4 is 5.32 Å². The predicted molar refractivity (Wildman–Crippen MR) is 115 cm³/mol. The monoisotopic (exact) mass is 414 g/mol. The quantitative estimate of drug-likeness (QED) is 0.691. The van der Waals surface area contributed by atoms with Crippen molar-refractivity contribution in [3.63, 3.8) is 0 Å². The zero-order valence-electron chi connectivity index (χ0n) is 16.0. The molecule has 1 fully saturated rings. The summed E-state index contributed by atoms with van der Waals surface area (Å²) in [5.74, 6) is -0.565.